The lowest BCUT2D eigenvalue weighted by atomic mass is 9.87. The summed E-state index contributed by atoms with van der Waals surface area (Å²) in [5.41, 5.74) is 5.24. The molecule has 4 rings (SSSR count). The Bertz CT molecular complexity index is 1600. The largest absolute Gasteiger partial charge is 0.309 e. The van der Waals surface area contributed by atoms with Crippen LogP contribution in [-0.2, 0) is 20.2 Å². The predicted molar refractivity (Wildman–Crippen MR) is 166 cm³/mol. The van der Waals surface area contributed by atoms with E-state index < -0.39 is 15.9 Å². The number of aryl methyl sites for hydroxylation is 2. The smallest absolute Gasteiger partial charge is 0.243 e. The van der Waals surface area contributed by atoms with Crippen LogP contribution in [0.2, 0.25) is 0 Å². The van der Waals surface area contributed by atoms with E-state index in [0.29, 0.717) is 12.2 Å². The van der Waals surface area contributed by atoms with Crippen molar-refractivity contribution < 1.29 is 13.2 Å². The third-order valence-electron chi connectivity index (χ3n) is 7.16. The zero-order chi connectivity index (χ0) is 29.8. The van der Waals surface area contributed by atoms with Crippen molar-refractivity contribution in [1.82, 2.24) is 14.1 Å². The summed E-state index contributed by atoms with van der Waals surface area (Å²) >= 11 is 0. The molecule has 8 heteroatoms. The summed E-state index contributed by atoms with van der Waals surface area (Å²) in [6.45, 7) is 12.1. The molecule has 3 aromatic carbocycles. The van der Waals surface area contributed by atoms with Gasteiger partial charge in [-0.05, 0) is 60.6 Å². The molecular weight excluding hydrogens is 532 g/mol. The van der Waals surface area contributed by atoms with Crippen molar-refractivity contribution in [3.63, 3.8) is 0 Å². The van der Waals surface area contributed by atoms with Crippen LogP contribution in [0.4, 0.5) is 5.82 Å². The van der Waals surface area contributed by atoms with Crippen molar-refractivity contribution in [1.29, 1.82) is 0 Å². The first-order valence-electron chi connectivity index (χ1n) is 14.0. The van der Waals surface area contributed by atoms with E-state index >= 15 is 0 Å². The predicted octanol–water partition coefficient (Wildman–Crippen LogP) is 6.88. The number of nitrogens with zero attached hydrogens (tertiary/aromatic N) is 3. The molecule has 1 heterocycles. The van der Waals surface area contributed by atoms with E-state index in [0.717, 1.165) is 40.1 Å². The highest BCUT2D eigenvalue weighted by molar-refractivity contribution is 7.89. The van der Waals surface area contributed by atoms with Crippen molar-refractivity contribution in [3.8, 4) is 16.8 Å². The summed E-state index contributed by atoms with van der Waals surface area (Å²) in [5, 5.41) is 7.83. The van der Waals surface area contributed by atoms with E-state index in [1.807, 2.05) is 87.5 Å². The van der Waals surface area contributed by atoms with Crippen molar-refractivity contribution in [2.75, 3.05) is 18.4 Å². The van der Waals surface area contributed by atoms with Gasteiger partial charge in [0.05, 0.1) is 22.8 Å². The molecule has 1 aromatic heterocycles. The van der Waals surface area contributed by atoms with Gasteiger partial charge in [0.2, 0.25) is 15.9 Å². The third kappa shape index (κ3) is 6.77. The Labute approximate surface area is 244 Å². The molecule has 0 aliphatic carbocycles. The first-order chi connectivity index (χ1) is 19.4. The molecule has 0 radical (unpaired) electrons. The molecule has 0 atom stereocenters. The van der Waals surface area contributed by atoms with Crippen molar-refractivity contribution >= 4 is 21.7 Å². The number of benzene rings is 3. The second-order valence-electron chi connectivity index (χ2n) is 11.4. The SMILES string of the molecule is CCCCN(CC(=O)Nc1c(-c2ccccc2)c(C)nn1-c1ccccc1C)S(=O)(=O)c1ccc(C(C)(C)C)cc1. The van der Waals surface area contributed by atoms with Gasteiger partial charge in [-0.3, -0.25) is 4.79 Å². The first kappa shape index (κ1) is 30.2. The minimum atomic E-state index is -3.90. The Balaban J connectivity index is 1.70. The second-order valence-corrected chi connectivity index (χ2v) is 13.3. The molecule has 1 N–H and O–H groups in total. The van der Waals surface area contributed by atoms with Gasteiger partial charge in [-0.1, -0.05) is 94.8 Å². The highest BCUT2D eigenvalue weighted by Gasteiger charge is 2.28. The summed E-state index contributed by atoms with van der Waals surface area (Å²) in [5.74, 6) is 0.0817. The number of hydrogen-bond acceptors (Lipinski definition) is 4. The van der Waals surface area contributed by atoms with E-state index in [2.05, 4.69) is 26.1 Å². The van der Waals surface area contributed by atoms with E-state index in [9.17, 15) is 13.2 Å². The molecule has 0 aliphatic rings. The van der Waals surface area contributed by atoms with Crippen molar-refractivity contribution in [2.45, 2.75) is 64.7 Å². The van der Waals surface area contributed by atoms with Gasteiger partial charge in [0.25, 0.3) is 0 Å². The van der Waals surface area contributed by atoms with Crippen LogP contribution in [0, 0.1) is 13.8 Å². The fourth-order valence-corrected chi connectivity index (χ4v) is 6.23. The molecule has 216 valence electrons. The van der Waals surface area contributed by atoms with Crippen LogP contribution in [0.1, 0.15) is 57.4 Å². The Morgan fingerprint density at radius 3 is 2.17 bits per heavy atom. The average Bonchev–Trinajstić information content (AvgIpc) is 3.26. The molecule has 0 aliphatic heterocycles. The van der Waals surface area contributed by atoms with E-state index in [1.165, 1.54) is 4.31 Å². The van der Waals surface area contributed by atoms with Gasteiger partial charge in [0, 0.05) is 12.1 Å². The molecule has 0 spiro atoms. The minimum absolute atomic E-state index is 0.0985. The standard InChI is InChI=1S/C33H40N4O3S/c1-7-8-22-36(41(39,40)28-20-18-27(19-21-28)33(4,5)6)23-30(38)34-32-31(26-15-10-9-11-16-26)25(3)35-37(32)29-17-13-12-14-24(29)2/h9-21H,7-8,22-23H2,1-6H3,(H,34,38). The average molecular weight is 573 g/mol. The maximum absolute atomic E-state index is 13.7. The molecule has 0 saturated heterocycles. The van der Waals surface area contributed by atoms with E-state index in [4.69, 9.17) is 5.10 Å². The Hall–Kier alpha value is -3.75. The minimum Gasteiger partial charge on any atom is -0.309 e. The lowest BCUT2D eigenvalue weighted by molar-refractivity contribution is -0.116. The zero-order valence-electron chi connectivity index (χ0n) is 24.8. The maximum Gasteiger partial charge on any atom is 0.243 e. The number of anilines is 1. The fourth-order valence-electron chi connectivity index (χ4n) is 4.79. The zero-order valence-corrected chi connectivity index (χ0v) is 25.6. The van der Waals surface area contributed by atoms with Crippen molar-refractivity contribution in [2.24, 2.45) is 0 Å². The number of amides is 1. The molecule has 7 nitrogen and oxygen atoms in total. The van der Waals surface area contributed by atoms with Gasteiger partial charge in [0.15, 0.2) is 0 Å². The van der Waals surface area contributed by atoms with E-state index in [1.54, 1.807) is 16.8 Å². The number of aromatic nitrogens is 2. The molecule has 41 heavy (non-hydrogen) atoms. The highest BCUT2D eigenvalue weighted by Crippen LogP contribution is 2.34. The van der Waals surface area contributed by atoms with Crippen LogP contribution >= 0.6 is 0 Å². The van der Waals surface area contributed by atoms with Gasteiger partial charge in [0.1, 0.15) is 5.82 Å². The molecule has 4 aromatic rings. The van der Waals surface area contributed by atoms with Crippen LogP contribution in [0.15, 0.2) is 83.8 Å². The molecule has 0 unspecified atom stereocenters. The van der Waals surface area contributed by atoms with Gasteiger partial charge < -0.3 is 5.32 Å². The van der Waals surface area contributed by atoms with Gasteiger partial charge in [-0.25, -0.2) is 13.1 Å². The van der Waals surface area contributed by atoms with Crippen molar-refractivity contribution in [3.05, 3.63) is 95.7 Å². The quantitative estimate of drug-likeness (QED) is 0.224. The molecule has 0 fully saturated rings. The number of rotatable bonds is 10. The molecule has 0 saturated carbocycles. The Morgan fingerprint density at radius 2 is 1.56 bits per heavy atom. The lowest BCUT2D eigenvalue weighted by Gasteiger charge is -2.23. The molecular formula is C33H40N4O3S. The fraction of sp³-hybridized carbons (Fsp3) is 0.333. The lowest BCUT2D eigenvalue weighted by Crippen LogP contribution is -2.39. The normalized spacial score (nSPS) is 12.1. The van der Waals surface area contributed by atoms with Gasteiger partial charge in [-0.2, -0.15) is 9.40 Å². The van der Waals surface area contributed by atoms with Crippen LogP contribution in [0.5, 0.6) is 0 Å². The van der Waals surface area contributed by atoms with E-state index in [-0.39, 0.29) is 23.4 Å². The van der Waals surface area contributed by atoms with Crippen LogP contribution in [0.25, 0.3) is 16.8 Å². The summed E-state index contributed by atoms with van der Waals surface area (Å²) in [4.78, 5) is 13.8. The summed E-state index contributed by atoms with van der Waals surface area (Å²) < 4.78 is 30.5. The molecule has 0 bridgehead atoms. The number of carbonyl (C=O) groups excluding carboxylic acids is 1. The molecule has 1 amide bonds. The number of unbranched alkanes of at least 4 members (excludes halogenated alkanes) is 1. The van der Waals surface area contributed by atoms with Gasteiger partial charge in [-0.15, -0.1) is 0 Å². The van der Waals surface area contributed by atoms with Gasteiger partial charge >= 0.3 is 0 Å². The number of sulfonamides is 1. The number of nitrogens with one attached hydrogen (secondary N) is 1. The Kier molecular flexibility index (Phi) is 9.14. The highest BCUT2D eigenvalue weighted by atomic mass is 32.2. The number of hydrogen-bond donors (Lipinski definition) is 1. The maximum atomic E-state index is 13.7. The number of carbonyl (C=O) groups is 1. The summed E-state index contributed by atoms with van der Waals surface area (Å²) in [6.07, 6.45) is 1.44. The third-order valence-corrected chi connectivity index (χ3v) is 9.02. The van der Waals surface area contributed by atoms with Crippen LogP contribution < -0.4 is 5.32 Å². The number of para-hydroxylation sites is 1. The monoisotopic (exact) mass is 572 g/mol. The van der Waals surface area contributed by atoms with Crippen LogP contribution in [-0.4, -0.2) is 41.5 Å². The first-order valence-corrected chi connectivity index (χ1v) is 15.5. The summed E-state index contributed by atoms with van der Waals surface area (Å²) in [7, 11) is -3.90. The topological polar surface area (TPSA) is 84.3 Å². The Morgan fingerprint density at radius 1 is 0.927 bits per heavy atom. The summed E-state index contributed by atoms with van der Waals surface area (Å²) in [6, 6.07) is 24.6. The second kappa shape index (κ2) is 12.4. The van der Waals surface area contributed by atoms with Crippen LogP contribution in [0.3, 0.4) is 0 Å².